The van der Waals surface area contributed by atoms with Gasteiger partial charge in [0.2, 0.25) is 5.92 Å². The molecule has 0 radical (unpaired) electrons. The van der Waals surface area contributed by atoms with E-state index >= 15 is 0 Å². The number of carboxylic acid groups (broad SMARTS) is 1. The van der Waals surface area contributed by atoms with Crippen LogP contribution in [-0.2, 0) is 10.2 Å². The molecule has 0 aliphatic heterocycles. The monoisotopic (exact) mass is 272 g/mol. The highest BCUT2D eigenvalue weighted by atomic mass is 19.3. The molecule has 5 heteroatoms. The first kappa shape index (κ1) is 13.9. The van der Waals surface area contributed by atoms with Crippen molar-refractivity contribution in [2.45, 2.75) is 43.9 Å². The molecule has 104 valence electrons. The van der Waals surface area contributed by atoms with Gasteiger partial charge in [0.05, 0.1) is 5.41 Å². The van der Waals surface area contributed by atoms with Crippen molar-refractivity contribution >= 4 is 5.97 Å². The van der Waals surface area contributed by atoms with E-state index in [0.717, 1.165) is 6.07 Å². The molecular formula is C14H15F3O2. The second kappa shape index (κ2) is 4.54. The summed E-state index contributed by atoms with van der Waals surface area (Å²) >= 11 is 0. The first-order valence-electron chi connectivity index (χ1n) is 6.15. The van der Waals surface area contributed by atoms with E-state index in [0.29, 0.717) is 5.56 Å². The Morgan fingerprint density at radius 2 is 1.79 bits per heavy atom. The summed E-state index contributed by atoms with van der Waals surface area (Å²) in [5.41, 5.74) is -0.708. The SMILES string of the molecule is Cc1ccc(C2(C(=O)O)CCC(F)(F)CC2)cc1F. The maximum absolute atomic E-state index is 13.6. The molecule has 0 spiro atoms. The molecule has 1 aromatic rings. The molecular weight excluding hydrogens is 257 g/mol. The van der Waals surface area contributed by atoms with E-state index in [2.05, 4.69) is 0 Å². The number of alkyl halides is 2. The van der Waals surface area contributed by atoms with Crippen LogP contribution in [0, 0.1) is 12.7 Å². The van der Waals surface area contributed by atoms with Crippen LogP contribution < -0.4 is 0 Å². The van der Waals surface area contributed by atoms with E-state index in [-0.39, 0.29) is 18.4 Å². The van der Waals surface area contributed by atoms with E-state index in [1.165, 1.54) is 12.1 Å². The Morgan fingerprint density at radius 3 is 2.26 bits per heavy atom. The summed E-state index contributed by atoms with van der Waals surface area (Å²) in [4.78, 5) is 11.5. The highest BCUT2D eigenvalue weighted by molar-refractivity contribution is 5.81. The van der Waals surface area contributed by atoms with Crippen LogP contribution in [0.4, 0.5) is 13.2 Å². The maximum Gasteiger partial charge on any atom is 0.314 e. The van der Waals surface area contributed by atoms with Crippen LogP contribution in [0.15, 0.2) is 18.2 Å². The molecule has 1 fully saturated rings. The zero-order chi connectivity index (χ0) is 14.3. The Balaban J connectivity index is 2.41. The molecule has 1 aliphatic carbocycles. The van der Waals surface area contributed by atoms with Gasteiger partial charge in [-0.2, -0.15) is 0 Å². The number of halogens is 3. The average Bonchev–Trinajstić information content (AvgIpc) is 2.33. The van der Waals surface area contributed by atoms with Crippen LogP contribution in [0.2, 0.25) is 0 Å². The minimum absolute atomic E-state index is 0.169. The van der Waals surface area contributed by atoms with Crippen molar-refractivity contribution in [3.63, 3.8) is 0 Å². The molecule has 0 bridgehead atoms. The van der Waals surface area contributed by atoms with Crippen LogP contribution in [0.25, 0.3) is 0 Å². The van der Waals surface area contributed by atoms with E-state index in [4.69, 9.17) is 0 Å². The fourth-order valence-corrected chi connectivity index (χ4v) is 2.56. The number of rotatable bonds is 2. The van der Waals surface area contributed by atoms with Gasteiger partial charge in [-0.1, -0.05) is 12.1 Å². The van der Waals surface area contributed by atoms with Gasteiger partial charge in [0.15, 0.2) is 0 Å². The van der Waals surface area contributed by atoms with Crippen LogP contribution in [-0.4, -0.2) is 17.0 Å². The van der Waals surface area contributed by atoms with Gasteiger partial charge in [-0.05, 0) is 37.0 Å². The van der Waals surface area contributed by atoms with Crippen LogP contribution in [0.1, 0.15) is 36.8 Å². The van der Waals surface area contributed by atoms with Crippen molar-refractivity contribution in [3.8, 4) is 0 Å². The molecule has 2 rings (SSSR count). The molecule has 1 N–H and O–H groups in total. The predicted octanol–water partition coefficient (Wildman–Crippen LogP) is 3.67. The van der Waals surface area contributed by atoms with Gasteiger partial charge in [0.1, 0.15) is 5.82 Å². The first-order valence-corrected chi connectivity index (χ1v) is 6.15. The third kappa shape index (κ3) is 2.46. The number of benzene rings is 1. The Bertz CT molecular complexity index is 501. The third-order valence-corrected chi connectivity index (χ3v) is 3.97. The molecule has 0 amide bonds. The normalized spacial score (nSPS) is 21.1. The minimum Gasteiger partial charge on any atom is -0.481 e. The zero-order valence-corrected chi connectivity index (χ0v) is 10.5. The second-order valence-corrected chi connectivity index (χ2v) is 5.21. The quantitative estimate of drug-likeness (QED) is 0.892. The molecule has 0 heterocycles. The van der Waals surface area contributed by atoms with Gasteiger partial charge in [-0.25, -0.2) is 13.2 Å². The summed E-state index contributed by atoms with van der Waals surface area (Å²) in [6.45, 7) is 1.57. The average molecular weight is 272 g/mol. The summed E-state index contributed by atoms with van der Waals surface area (Å²) in [5, 5.41) is 9.41. The van der Waals surface area contributed by atoms with Crippen LogP contribution in [0.5, 0.6) is 0 Å². The van der Waals surface area contributed by atoms with Crippen LogP contribution >= 0.6 is 0 Å². The molecule has 0 unspecified atom stereocenters. The molecule has 0 saturated heterocycles. The fraction of sp³-hybridized carbons (Fsp3) is 0.500. The van der Waals surface area contributed by atoms with E-state index < -0.39 is 36.0 Å². The van der Waals surface area contributed by atoms with E-state index in [9.17, 15) is 23.1 Å². The molecule has 0 atom stereocenters. The Kier molecular flexibility index (Phi) is 3.32. The fourth-order valence-electron chi connectivity index (χ4n) is 2.56. The number of carbonyl (C=O) groups is 1. The lowest BCUT2D eigenvalue weighted by Crippen LogP contribution is -2.42. The molecule has 1 saturated carbocycles. The second-order valence-electron chi connectivity index (χ2n) is 5.21. The van der Waals surface area contributed by atoms with Gasteiger partial charge < -0.3 is 5.11 Å². The number of hydrogen-bond acceptors (Lipinski definition) is 1. The Morgan fingerprint density at radius 1 is 1.21 bits per heavy atom. The number of aliphatic carboxylic acids is 1. The lowest BCUT2D eigenvalue weighted by molar-refractivity contribution is -0.149. The van der Waals surface area contributed by atoms with Gasteiger partial charge in [-0.3, -0.25) is 4.79 Å². The molecule has 0 aromatic heterocycles. The summed E-state index contributed by atoms with van der Waals surface area (Å²) in [6, 6.07) is 4.17. The minimum atomic E-state index is -2.82. The molecule has 19 heavy (non-hydrogen) atoms. The smallest absolute Gasteiger partial charge is 0.314 e. The van der Waals surface area contributed by atoms with Crippen molar-refractivity contribution in [2.75, 3.05) is 0 Å². The van der Waals surface area contributed by atoms with Crippen molar-refractivity contribution in [3.05, 3.63) is 35.1 Å². The first-order chi connectivity index (χ1) is 8.77. The van der Waals surface area contributed by atoms with E-state index in [1.54, 1.807) is 6.92 Å². The van der Waals surface area contributed by atoms with Crippen molar-refractivity contribution in [1.29, 1.82) is 0 Å². The summed E-state index contributed by atoms with van der Waals surface area (Å²) in [6.07, 6.45) is -1.29. The lowest BCUT2D eigenvalue weighted by atomic mass is 9.68. The zero-order valence-electron chi connectivity index (χ0n) is 10.5. The number of aryl methyl sites for hydroxylation is 1. The van der Waals surface area contributed by atoms with Gasteiger partial charge in [-0.15, -0.1) is 0 Å². The predicted molar refractivity (Wildman–Crippen MR) is 63.9 cm³/mol. The van der Waals surface area contributed by atoms with Crippen molar-refractivity contribution < 1.29 is 23.1 Å². The number of carboxylic acids is 1. The summed E-state index contributed by atoms with van der Waals surface area (Å²) in [5.74, 6) is -4.48. The van der Waals surface area contributed by atoms with E-state index in [1.807, 2.05) is 0 Å². The molecule has 2 nitrogen and oxygen atoms in total. The highest BCUT2D eigenvalue weighted by Crippen LogP contribution is 2.45. The molecule has 1 aromatic carbocycles. The Hall–Kier alpha value is -1.52. The summed E-state index contributed by atoms with van der Waals surface area (Å²) < 4.78 is 40.0. The topological polar surface area (TPSA) is 37.3 Å². The summed E-state index contributed by atoms with van der Waals surface area (Å²) in [7, 11) is 0. The maximum atomic E-state index is 13.6. The van der Waals surface area contributed by atoms with Crippen molar-refractivity contribution in [2.24, 2.45) is 0 Å². The Labute approximate surface area is 109 Å². The third-order valence-electron chi connectivity index (χ3n) is 3.97. The lowest BCUT2D eigenvalue weighted by Gasteiger charge is -2.37. The van der Waals surface area contributed by atoms with Crippen LogP contribution in [0.3, 0.4) is 0 Å². The van der Waals surface area contributed by atoms with Crippen molar-refractivity contribution in [1.82, 2.24) is 0 Å². The number of hydrogen-bond donors (Lipinski definition) is 1. The van der Waals surface area contributed by atoms with Gasteiger partial charge in [0.25, 0.3) is 0 Å². The largest absolute Gasteiger partial charge is 0.481 e. The van der Waals surface area contributed by atoms with Gasteiger partial charge in [0, 0.05) is 12.8 Å². The standard InChI is InChI=1S/C14H15F3O2/c1-9-2-3-10(8-11(9)15)13(12(18)19)4-6-14(16,17)7-5-13/h2-3,8H,4-7H2,1H3,(H,18,19). The van der Waals surface area contributed by atoms with Gasteiger partial charge >= 0.3 is 5.97 Å². The highest BCUT2D eigenvalue weighted by Gasteiger charge is 2.49. The molecule has 1 aliphatic rings.